The van der Waals surface area contributed by atoms with E-state index in [9.17, 15) is 9.18 Å². The summed E-state index contributed by atoms with van der Waals surface area (Å²) < 4.78 is 13.4. The molecule has 0 bridgehead atoms. The maximum absolute atomic E-state index is 13.4. The smallest absolute Gasteiger partial charge is 0.260 e. The maximum Gasteiger partial charge on any atom is 0.260 e. The Labute approximate surface area is 89.9 Å². The van der Waals surface area contributed by atoms with Crippen LogP contribution >= 0.6 is 11.6 Å². The molecule has 78 valence electrons. The number of halogens is 2. The third kappa shape index (κ3) is 1.61. The fourth-order valence-electron chi connectivity index (χ4n) is 1.39. The topological polar surface area (TPSA) is 45.8 Å². The van der Waals surface area contributed by atoms with E-state index in [1.165, 1.54) is 12.1 Å². The van der Waals surface area contributed by atoms with E-state index in [1.807, 2.05) is 6.92 Å². The highest BCUT2D eigenvalue weighted by atomic mass is 35.5. The number of nitrogens with zero attached hydrogens (tertiary/aromatic N) is 1. The van der Waals surface area contributed by atoms with Gasteiger partial charge in [0.1, 0.15) is 17.2 Å². The third-order valence-electron chi connectivity index (χ3n) is 2.14. The van der Waals surface area contributed by atoms with Crippen LogP contribution in [0.3, 0.4) is 0 Å². The van der Waals surface area contributed by atoms with E-state index in [-0.39, 0.29) is 15.9 Å². The van der Waals surface area contributed by atoms with Crippen molar-refractivity contribution >= 4 is 22.5 Å². The van der Waals surface area contributed by atoms with Gasteiger partial charge in [-0.25, -0.2) is 9.37 Å². The van der Waals surface area contributed by atoms with Gasteiger partial charge in [0.25, 0.3) is 5.56 Å². The predicted molar refractivity (Wildman–Crippen MR) is 56.7 cm³/mol. The van der Waals surface area contributed by atoms with Crippen molar-refractivity contribution in [3.63, 3.8) is 0 Å². The van der Waals surface area contributed by atoms with Gasteiger partial charge in [-0.1, -0.05) is 18.5 Å². The van der Waals surface area contributed by atoms with Crippen molar-refractivity contribution in [2.45, 2.75) is 13.3 Å². The molecule has 1 aromatic heterocycles. The molecule has 5 heteroatoms. The predicted octanol–water partition coefficient (Wildman–Crippen LogP) is 2.28. The number of rotatable bonds is 1. The first-order chi connectivity index (χ1) is 7.13. The second-order valence-electron chi connectivity index (χ2n) is 3.12. The van der Waals surface area contributed by atoms with Gasteiger partial charge in [0.15, 0.2) is 0 Å². The van der Waals surface area contributed by atoms with E-state index < -0.39 is 11.4 Å². The number of H-pyrrole nitrogens is 1. The molecular formula is C10H8ClFN2O. The quantitative estimate of drug-likeness (QED) is 0.811. The monoisotopic (exact) mass is 226 g/mol. The number of nitrogens with one attached hydrogen (secondary N) is 1. The van der Waals surface area contributed by atoms with E-state index in [2.05, 4.69) is 9.97 Å². The van der Waals surface area contributed by atoms with Gasteiger partial charge in [-0.2, -0.15) is 0 Å². The third-order valence-corrected chi connectivity index (χ3v) is 2.46. The Balaban J connectivity index is 2.97. The Hall–Kier alpha value is -1.42. The zero-order valence-electron chi connectivity index (χ0n) is 7.97. The number of aromatic nitrogens is 2. The summed E-state index contributed by atoms with van der Waals surface area (Å²) in [5.41, 5.74) is -0.371. The van der Waals surface area contributed by atoms with E-state index >= 15 is 0 Å². The highest BCUT2D eigenvalue weighted by molar-refractivity contribution is 6.35. The van der Waals surface area contributed by atoms with Crippen LogP contribution in [0.4, 0.5) is 4.39 Å². The molecule has 0 spiro atoms. The highest BCUT2D eigenvalue weighted by Crippen LogP contribution is 2.20. The minimum Gasteiger partial charge on any atom is -0.310 e. The molecule has 1 heterocycles. The first-order valence-corrected chi connectivity index (χ1v) is 4.88. The minimum atomic E-state index is -0.532. The molecule has 1 aromatic carbocycles. The lowest BCUT2D eigenvalue weighted by Gasteiger charge is -2.02. The molecule has 0 aliphatic rings. The van der Waals surface area contributed by atoms with Gasteiger partial charge in [0.05, 0.1) is 10.4 Å². The highest BCUT2D eigenvalue weighted by Gasteiger charge is 2.10. The summed E-state index contributed by atoms with van der Waals surface area (Å²) in [7, 11) is 0. The second kappa shape index (κ2) is 3.62. The lowest BCUT2D eigenvalue weighted by Crippen LogP contribution is -2.12. The molecule has 0 saturated heterocycles. The molecule has 2 rings (SSSR count). The van der Waals surface area contributed by atoms with Crippen molar-refractivity contribution in [3.05, 3.63) is 39.2 Å². The van der Waals surface area contributed by atoms with Crippen LogP contribution in [0.25, 0.3) is 10.9 Å². The van der Waals surface area contributed by atoms with Gasteiger partial charge in [-0.05, 0) is 12.1 Å². The van der Waals surface area contributed by atoms with Crippen LogP contribution in [0.15, 0.2) is 16.9 Å². The normalized spacial score (nSPS) is 10.9. The Morgan fingerprint density at radius 3 is 2.93 bits per heavy atom. The summed E-state index contributed by atoms with van der Waals surface area (Å²) in [6.45, 7) is 1.83. The van der Waals surface area contributed by atoms with Gasteiger partial charge >= 0.3 is 0 Å². The molecule has 2 aromatic rings. The Morgan fingerprint density at radius 2 is 2.27 bits per heavy atom. The fraction of sp³-hybridized carbons (Fsp3) is 0.200. The average Bonchev–Trinajstić information content (AvgIpc) is 2.23. The lowest BCUT2D eigenvalue weighted by atomic mass is 10.2. The molecule has 0 atom stereocenters. The van der Waals surface area contributed by atoms with E-state index in [1.54, 1.807) is 0 Å². The van der Waals surface area contributed by atoms with Crippen molar-refractivity contribution in [3.8, 4) is 0 Å². The first kappa shape index (κ1) is 10.1. The molecule has 0 saturated carbocycles. The number of fused-ring (bicyclic) bond motifs is 1. The van der Waals surface area contributed by atoms with Crippen LogP contribution < -0.4 is 5.56 Å². The molecular weight excluding hydrogens is 219 g/mol. The Morgan fingerprint density at radius 1 is 1.53 bits per heavy atom. The van der Waals surface area contributed by atoms with Crippen molar-refractivity contribution in [1.29, 1.82) is 0 Å². The van der Waals surface area contributed by atoms with Gasteiger partial charge in [0, 0.05) is 6.42 Å². The SMILES string of the molecule is CCc1nc2c(F)ccc(Cl)c2c(=O)[nH]1. The van der Waals surface area contributed by atoms with E-state index in [0.29, 0.717) is 12.2 Å². The Bertz CT molecular complexity index is 579. The summed E-state index contributed by atoms with van der Waals surface area (Å²) in [6.07, 6.45) is 0.539. The molecule has 0 aliphatic heterocycles. The average molecular weight is 227 g/mol. The van der Waals surface area contributed by atoms with Gasteiger partial charge in [-0.15, -0.1) is 0 Å². The van der Waals surface area contributed by atoms with Crippen LogP contribution in [0, 0.1) is 5.82 Å². The summed E-state index contributed by atoms with van der Waals surface area (Å²) in [6, 6.07) is 2.55. The van der Waals surface area contributed by atoms with Crippen LogP contribution in [-0.2, 0) is 6.42 Å². The molecule has 0 unspecified atom stereocenters. The van der Waals surface area contributed by atoms with Crippen LogP contribution in [-0.4, -0.2) is 9.97 Å². The number of benzene rings is 1. The van der Waals surface area contributed by atoms with Gasteiger partial charge in [-0.3, -0.25) is 4.79 Å². The molecule has 3 nitrogen and oxygen atoms in total. The van der Waals surface area contributed by atoms with Crippen molar-refractivity contribution in [2.24, 2.45) is 0 Å². The molecule has 0 aliphatic carbocycles. The van der Waals surface area contributed by atoms with Crippen molar-refractivity contribution in [1.82, 2.24) is 9.97 Å². The van der Waals surface area contributed by atoms with E-state index in [0.717, 1.165) is 0 Å². The molecule has 1 N–H and O–H groups in total. The molecule has 15 heavy (non-hydrogen) atoms. The molecule has 0 amide bonds. The molecule has 0 radical (unpaired) electrons. The number of hydrogen-bond donors (Lipinski definition) is 1. The lowest BCUT2D eigenvalue weighted by molar-refractivity contribution is 0.635. The zero-order chi connectivity index (χ0) is 11.0. The summed E-state index contributed by atoms with van der Waals surface area (Å²) in [5.74, 6) is -0.0798. The number of aryl methyl sites for hydroxylation is 1. The zero-order valence-corrected chi connectivity index (χ0v) is 8.73. The first-order valence-electron chi connectivity index (χ1n) is 4.50. The fourth-order valence-corrected chi connectivity index (χ4v) is 1.63. The number of aromatic amines is 1. The van der Waals surface area contributed by atoms with E-state index in [4.69, 9.17) is 11.6 Å². The molecule has 0 fully saturated rings. The second-order valence-corrected chi connectivity index (χ2v) is 3.53. The Kier molecular flexibility index (Phi) is 2.44. The largest absolute Gasteiger partial charge is 0.310 e. The van der Waals surface area contributed by atoms with Crippen LogP contribution in [0.5, 0.6) is 0 Å². The summed E-state index contributed by atoms with van der Waals surface area (Å²) >= 11 is 5.80. The van der Waals surface area contributed by atoms with Crippen molar-refractivity contribution < 1.29 is 4.39 Å². The van der Waals surface area contributed by atoms with Gasteiger partial charge < -0.3 is 4.98 Å². The summed E-state index contributed by atoms with van der Waals surface area (Å²) in [5, 5.41) is 0.316. The van der Waals surface area contributed by atoms with Crippen LogP contribution in [0.2, 0.25) is 5.02 Å². The van der Waals surface area contributed by atoms with Crippen LogP contribution in [0.1, 0.15) is 12.7 Å². The minimum absolute atomic E-state index is 0.0306. The standard InChI is InChI=1S/C10H8ClFN2O/c1-2-7-13-9-6(12)4-3-5(11)8(9)10(15)14-7/h3-4H,2H2,1H3,(H,13,14,15). The van der Waals surface area contributed by atoms with Crippen molar-refractivity contribution in [2.75, 3.05) is 0 Å². The number of hydrogen-bond acceptors (Lipinski definition) is 2. The van der Waals surface area contributed by atoms with Gasteiger partial charge in [0.2, 0.25) is 0 Å². The summed E-state index contributed by atoms with van der Waals surface area (Å²) in [4.78, 5) is 18.1. The maximum atomic E-state index is 13.4.